The maximum atomic E-state index is 5.18. The molecule has 0 saturated carbocycles. The molecule has 0 bridgehead atoms. The average molecular weight is 71.9 g/mol. The van der Waals surface area contributed by atoms with E-state index in [0.29, 0.717) is 0 Å². The Kier molecular flexibility index (Phi) is 1.81. The van der Waals surface area contributed by atoms with Crippen LogP contribution in [0.5, 0.6) is 0 Å². The molecular formula is C2H6BP+. The summed E-state index contributed by atoms with van der Waals surface area (Å²) in [6.07, 6.45) is 0. The molecular weight excluding hydrogens is 65.8 g/mol. The van der Waals surface area contributed by atoms with Gasteiger partial charge in [0.15, 0.2) is 0 Å². The Morgan fingerprint density at radius 2 is 1.50 bits per heavy atom. The Morgan fingerprint density at radius 1 is 1.50 bits per heavy atom. The predicted octanol–water partition coefficient (Wildman–Crippen LogP) is 0.811. The second-order valence-corrected chi connectivity index (χ2v) is 2.89. The van der Waals surface area contributed by atoms with Crippen molar-refractivity contribution in [1.29, 1.82) is 0 Å². The Balaban J connectivity index is 2.80. The summed E-state index contributed by atoms with van der Waals surface area (Å²) in [5.41, 5.74) is 0. The summed E-state index contributed by atoms with van der Waals surface area (Å²) in [5.74, 6) is 0. The van der Waals surface area contributed by atoms with E-state index >= 15 is 0 Å². The van der Waals surface area contributed by atoms with Gasteiger partial charge in [0.1, 0.15) is 0 Å². The molecule has 0 aromatic rings. The van der Waals surface area contributed by atoms with Crippen molar-refractivity contribution in [3.05, 3.63) is 0 Å². The predicted molar refractivity (Wildman–Crippen MR) is 24.5 cm³/mol. The van der Waals surface area contributed by atoms with Crippen LogP contribution in [0, 0.1) is 0 Å². The van der Waals surface area contributed by atoms with Gasteiger partial charge in [0.2, 0.25) is 0 Å². The summed E-state index contributed by atoms with van der Waals surface area (Å²) >= 11 is 0. The fourth-order valence-corrected chi connectivity index (χ4v) is 0. The standard InChI is InChI=1S/C2H6BP/c1-4(2)3/h1-2H3/q+1. The zero-order valence-electron chi connectivity index (χ0n) is 3.02. The molecule has 4 heavy (non-hydrogen) atoms. The Hall–Kier alpha value is 0.365. The van der Waals surface area contributed by atoms with Crippen LogP contribution < -0.4 is 0 Å². The average Bonchev–Trinajstić information content (AvgIpc) is 0.811. The zero-order chi connectivity index (χ0) is 3.58. The molecule has 0 aliphatic carbocycles. The molecule has 0 heterocycles. The molecule has 0 aromatic carbocycles. The Labute approximate surface area is 28.9 Å². The van der Waals surface area contributed by atoms with Gasteiger partial charge in [-0.05, 0) is 0 Å². The third kappa shape index (κ3) is 33.1. The molecule has 1 radical (unpaired) electrons. The van der Waals surface area contributed by atoms with E-state index in [1.54, 1.807) is 0 Å². The molecule has 0 unspecified atom stereocenters. The molecule has 21 valence electrons. The molecule has 0 spiro atoms. The minimum absolute atomic E-state index is 0.120. The maximum absolute atomic E-state index is 5.18. The van der Waals surface area contributed by atoms with Crippen LogP contribution in [-0.2, 0) is 0 Å². The van der Waals surface area contributed by atoms with Crippen molar-refractivity contribution in [2.75, 3.05) is 13.3 Å². The van der Waals surface area contributed by atoms with Gasteiger partial charge in [-0.1, -0.05) is 0 Å². The van der Waals surface area contributed by atoms with E-state index in [9.17, 15) is 0 Å². The summed E-state index contributed by atoms with van der Waals surface area (Å²) in [5, 5.41) is 0. The second-order valence-electron chi connectivity index (χ2n) is 0.964. The van der Waals surface area contributed by atoms with Gasteiger partial charge in [-0.3, -0.25) is 0 Å². The van der Waals surface area contributed by atoms with Crippen molar-refractivity contribution in [2.45, 2.75) is 0 Å². The Bertz CT molecular complexity index is 29.0. The molecule has 0 N–H and O–H groups in total. The number of hydrogen-bond acceptors (Lipinski definition) is 0. The summed E-state index contributed by atoms with van der Waals surface area (Å²) in [6.45, 7) is 4.02. The van der Waals surface area contributed by atoms with E-state index in [1.165, 1.54) is 0 Å². The van der Waals surface area contributed by atoms with Gasteiger partial charge in [-0.2, -0.15) is 0 Å². The third-order valence-electron chi connectivity index (χ3n) is 0. The van der Waals surface area contributed by atoms with Gasteiger partial charge >= 0.3 is 27.9 Å². The molecule has 2 heteroatoms. The summed E-state index contributed by atoms with van der Waals surface area (Å²) in [6, 6.07) is 0. The van der Waals surface area contributed by atoms with Crippen LogP contribution in [0.15, 0.2) is 0 Å². The molecule has 0 fully saturated rings. The molecule has 0 amide bonds. The van der Waals surface area contributed by atoms with Crippen molar-refractivity contribution < 1.29 is 0 Å². The van der Waals surface area contributed by atoms with Gasteiger partial charge in [-0.15, -0.1) is 0 Å². The van der Waals surface area contributed by atoms with Crippen molar-refractivity contribution in [3.63, 3.8) is 0 Å². The van der Waals surface area contributed by atoms with Gasteiger partial charge < -0.3 is 0 Å². The van der Waals surface area contributed by atoms with Gasteiger partial charge in [0.25, 0.3) is 0 Å². The minimum atomic E-state index is -0.120. The number of hydrogen-bond donors (Lipinski definition) is 0. The van der Waals surface area contributed by atoms with Crippen LogP contribution in [0.2, 0.25) is 0 Å². The fourth-order valence-electron chi connectivity index (χ4n) is 0. The first-order valence-corrected chi connectivity index (χ1v) is 3.46. The van der Waals surface area contributed by atoms with Crippen LogP contribution in [0.3, 0.4) is 0 Å². The van der Waals surface area contributed by atoms with Crippen LogP contribution in [0.1, 0.15) is 0 Å². The molecule has 0 rings (SSSR count). The molecule has 0 atom stereocenters. The Morgan fingerprint density at radius 3 is 1.50 bits per heavy atom. The topological polar surface area (TPSA) is 0 Å². The molecule has 0 saturated heterocycles. The van der Waals surface area contributed by atoms with E-state index < -0.39 is 0 Å². The fraction of sp³-hybridized carbons (Fsp3) is 1.00. The van der Waals surface area contributed by atoms with Crippen molar-refractivity contribution in [3.8, 4) is 0 Å². The van der Waals surface area contributed by atoms with Crippen LogP contribution >= 0.6 is 7.41 Å². The first-order valence-electron chi connectivity index (χ1n) is 1.15. The van der Waals surface area contributed by atoms with E-state index in [-0.39, 0.29) is 7.41 Å². The summed E-state index contributed by atoms with van der Waals surface area (Å²) in [7, 11) is 5.06. The van der Waals surface area contributed by atoms with Crippen molar-refractivity contribution in [2.24, 2.45) is 0 Å². The van der Waals surface area contributed by atoms with Gasteiger partial charge in [-0.25, -0.2) is 0 Å². The van der Waals surface area contributed by atoms with E-state index in [4.69, 9.17) is 7.18 Å². The van der Waals surface area contributed by atoms with E-state index in [2.05, 4.69) is 0 Å². The van der Waals surface area contributed by atoms with Crippen molar-refractivity contribution >= 4 is 14.6 Å². The summed E-state index contributed by atoms with van der Waals surface area (Å²) < 4.78 is 0. The normalized spacial score (nSPS) is 6.25. The first kappa shape index (κ1) is 4.36. The van der Waals surface area contributed by atoms with Crippen molar-refractivity contribution in [1.82, 2.24) is 0 Å². The number of rotatable bonds is 0. The SMILES string of the molecule is [B]=[P+](C)C. The monoisotopic (exact) mass is 72.0 g/mol. The third-order valence-corrected chi connectivity index (χ3v) is 0. The second kappa shape index (κ2) is 1.66. The van der Waals surface area contributed by atoms with E-state index in [0.717, 1.165) is 0 Å². The van der Waals surface area contributed by atoms with Gasteiger partial charge in [0.05, 0.1) is 0 Å². The van der Waals surface area contributed by atoms with Crippen LogP contribution in [-0.4, -0.2) is 20.5 Å². The molecule has 0 nitrogen and oxygen atoms in total. The molecule has 0 aromatic heterocycles. The zero-order valence-corrected chi connectivity index (χ0v) is 3.92. The summed E-state index contributed by atoms with van der Waals surface area (Å²) in [4.78, 5) is 0. The quantitative estimate of drug-likeness (QED) is 0.293. The van der Waals surface area contributed by atoms with E-state index in [1.807, 2.05) is 13.3 Å². The van der Waals surface area contributed by atoms with Crippen LogP contribution in [0.4, 0.5) is 0 Å². The molecule has 0 aliphatic heterocycles. The first-order chi connectivity index (χ1) is 1.73. The molecule has 0 aliphatic rings. The van der Waals surface area contributed by atoms with Gasteiger partial charge in [0, 0.05) is 0 Å². The van der Waals surface area contributed by atoms with Crippen LogP contribution in [0.25, 0.3) is 0 Å².